The molecule has 9 nitrogen and oxygen atoms in total. The Bertz CT molecular complexity index is 1340. The van der Waals surface area contributed by atoms with E-state index in [4.69, 9.17) is 29.0 Å². The maximum Gasteiger partial charge on any atom is 0.247 e. The number of hydrogen-bond donors (Lipinski definition) is 1. The molecule has 3 aromatic rings. The molecule has 0 saturated heterocycles. The van der Waals surface area contributed by atoms with Crippen molar-refractivity contribution in [2.45, 2.75) is 117 Å². The first-order valence-corrected chi connectivity index (χ1v) is 21.2. The van der Waals surface area contributed by atoms with Crippen LogP contribution in [0.5, 0.6) is 5.88 Å². The standard InChI is InChI=1S/C30H50BrN5O4Si2/c1-20(40-42(11,12)30(6,7)8)23(19-38-41(9,10)29(3,4)5)39-21(2)36-25-24(33-27(36)31)26(35-28(32)34-25)37-18-22-16-14-13-15-17-22/h13-17,20-21,23H,18-19H2,1-12H3,(H2,32,34,35). The molecular formula is C30H50BrN5O4Si2. The monoisotopic (exact) mass is 679 g/mol. The molecule has 0 bridgehead atoms. The van der Waals surface area contributed by atoms with Crippen LogP contribution in [0.25, 0.3) is 11.2 Å². The second-order valence-corrected chi connectivity index (χ2v) is 24.3. The smallest absolute Gasteiger partial charge is 0.247 e. The molecule has 0 saturated carbocycles. The molecule has 3 atom stereocenters. The average Bonchev–Trinajstić information content (AvgIpc) is 3.19. The highest BCUT2D eigenvalue weighted by atomic mass is 79.9. The van der Waals surface area contributed by atoms with E-state index in [-0.39, 0.29) is 28.2 Å². The molecule has 3 rings (SSSR count). The number of nitrogens with zero attached hydrogens (tertiary/aromatic N) is 4. The third kappa shape index (κ3) is 8.20. The van der Waals surface area contributed by atoms with Crippen LogP contribution in [-0.4, -0.2) is 55.0 Å². The van der Waals surface area contributed by atoms with Crippen LogP contribution in [0, 0.1) is 0 Å². The van der Waals surface area contributed by atoms with E-state index in [1.807, 2.05) is 41.8 Å². The SMILES string of the molecule is CC(O[Si](C)(C)C(C)(C)C)C(CO[Si](C)(C)C(C)(C)C)OC(C)n1c(Br)nc2c(OCc3ccccc3)nc(N)nc21. The zero-order valence-corrected chi connectivity index (χ0v) is 31.0. The Kier molecular flexibility index (Phi) is 10.8. The van der Waals surface area contributed by atoms with Gasteiger partial charge in [-0.3, -0.25) is 4.57 Å². The second kappa shape index (κ2) is 13.0. The summed E-state index contributed by atoms with van der Waals surface area (Å²) < 4.78 is 28.7. The molecular weight excluding hydrogens is 630 g/mol. The zero-order valence-electron chi connectivity index (χ0n) is 27.4. The number of aromatic nitrogens is 4. The Morgan fingerprint density at radius 3 is 2.07 bits per heavy atom. The third-order valence-electron chi connectivity index (χ3n) is 8.66. The minimum Gasteiger partial charge on any atom is -0.471 e. The van der Waals surface area contributed by atoms with Crippen molar-refractivity contribution in [2.24, 2.45) is 0 Å². The lowest BCUT2D eigenvalue weighted by atomic mass is 10.2. The molecule has 2 N–H and O–H groups in total. The topological polar surface area (TPSA) is 107 Å². The van der Waals surface area contributed by atoms with Crippen LogP contribution in [-0.2, 0) is 20.2 Å². The van der Waals surface area contributed by atoms with Gasteiger partial charge in [-0.25, -0.2) is 4.98 Å². The number of nitrogen functional groups attached to an aromatic ring is 1. The lowest BCUT2D eigenvalue weighted by molar-refractivity contribution is -0.105. The fourth-order valence-electron chi connectivity index (χ4n) is 3.91. The highest BCUT2D eigenvalue weighted by Gasteiger charge is 2.42. The van der Waals surface area contributed by atoms with Crippen molar-refractivity contribution in [3.63, 3.8) is 0 Å². The Balaban J connectivity index is 1.93. The molecule has 0 radical (unpaired) electrons. The van der Waals surface area contributed by atoms with Crippen LogP contribution in [0.1, 0.15) is 67.2 Å². The Labute approximate surface area is 262 Å². The van der Waals surface area contributed by atoms with Gasteiger partial charge >= 0.3 is 0 Å². The molecule has 0 aliphatic heterocycles. The first kappa shape index (κ1) is 34.7. The first-order valence-electron chi connectivity index (χ1n) is 14.6. The van der Waals surface area contributed by atoms with E-state index in [2.05, 4.69) is 101 Å². The fraction of sp³-hybridized carbons (Fsp3) is 0.633. The molecule has 42 heavy (non-hydrogen) atoms. The summed E-state index contributed by atoms with van der Waals surface area (Å²) in [5.74, 6) is 0.416. The fourth-order valence-corrected chi connectivity index (χ4v) is 6.99. The van der Waals surface area contributed by atoms with Crippen LogP contribution >= 0.6 is 15.9 Å². The second-order valence-electron chi connectivity index (χ2n) is 14.0. The van der Waals surface area contributed by atoms with Crippen LogP contribution < -0.4 is 10.5 Å². The average molecular weight is 681 g/mol. The van der Waals surface area contributed by atoms with Crippen molar-refractivity contribution in [1.82, 2.24) is 19.5 Å². The number of fused-ring (bicyclic) bond motifs is 1. The molecule has 3 unspecified atom stereocenters. The normalized spacial score (nSPS) is 15.5. The van der Waals surface area contributed by atoms with Crippen molar-refractivity contribution in [1.29, 1.82) is 0 Å². The predicted octanol–water partition coefficient (Wildman–Crippen LogP) is 8.09. The van der Waals surface area contributed by atoms with E-state index in [0.717, 1.165) is 5.56 Å². The summed E-state index contributed by atoms with van der Waals surface area (Å²) in [6.07, 6.45) is -1.00. The van der Waals surface area contributed by atoms with Gasteiger partial charge in [-0.1, -0.05) is 71.9 Å². The number of hydrogen-bond acceptors (Lipinski definition) is 8. The third-order valence-corrected chi connectivity index (χ3v) is 18.3. The van der Waals surface area contributed by atoms with Gasteiger partial charge in [-0.2, -0.15) is 9.97 Å². The van der Waals surface area contributed by atoms with Gasteiger partial charge in [0.1, 0.15) is 18.9 Å². The number of halogens is 1. The molecule has 0 fully saturated rings. The number of ether oxygens (including phenoxy) is 2. The number of benzene rings is 1. The Morgan fingerprint density at radius 1 is 0.905 bits per heavy atom. The summed E-state index contributed by atoms with van der Waals surface area (Å²) in [7, 11) is -4.11. The highest BCUT2D eigenvalue weighted by molar-refractivity contribution is 9.10. The Morgan fingerprint density at radius 2 is 1.50 bits per heavy atom. The number of rotatable bonds is 12. The van der Waals surface area contributed by atoms with Gasteiger partial charge < -0.3 is 24.1 Å². The number of imidazole rings is 1. The maximum absolute atomic E-state index is 6.81. The van der Waals surface area contributed by atoms with Crippen LogP contribution in [0.2, 0.25) is 36.3 Å². The summed E-state index contributed by atoms with van der Waals surface area (Å²) in [5, 5.41) is 0.132. The quantitative estimate of drug-likeness (QED) is 0.151. The molecule has 234 valence electrons. The summed E-state index contributed by atoms with van der Waals surface area (Å²) >= 11 is 3.62. The molecule has 0 aliphatic carbocycles. The zero-order chi connectivity index (χ0) is 31.7. The number of nitrogens with two attached hydrogens (primary N) is 1. The van der Waals surface area contributed by atoms with Crippen molar-refractivity contribution in [2.75, 3.05) is 12.3 Å². The minimum absolute atomic E-state index is 0.0614. The van der Waals surface area contributed by atoms with E-state index < -0.39 is 22.9 Å². The molecule has 0 aliphatic rings. The van der Waals surface area contributed by atoms with Gasteiger partial charge in [0.2, 0.25) is 11.8 Å². The van der Waals surface area contributed by atoms with Gasteiger partial charge in [0, 0.05) is 0 Å². The van der Waals surface area contributed by atoms with Crippen molar-refractivity contribution in [3.05, 3.63) is 40.6 Å². The van der Waals surface area contributed by atoms with Crippen LogP contribution in [0.4, 0.5) is 5.95 Å². The summed E-state index contributed by atoms with van der Waals surface area (Å²) in [6.45, 7) is 27.3. The van der Waals surface area contributed by atoms with Crippen molar-refractivity contribution >= 4 is 49.7 Å². The van der Waals surface area contributed by atoms with E-state index in [9.17, 15) is 0 Å². The largest absolute Gasteiger partial charge is 0.471 e. The van der Waals surface area contributed by atoms with Gasteiger partial charge in [-0.15, -0.1) is 0 Å². The maximum atomic E-state index is 6.81. The summed E-state index contributed by atoms with van der Waals surface area (Å²) in [6, 6.07) is 9.88. The van der Waals surface area contributed by atoms with Crippen LogP contribution in [0.3, 0.4) is 0 Å². The van der Waals surface area contributed by atoms with E-state index in [0.29, 0.717) is 35.0 Å². The molecule has 1 aromatic carbocycles. The molecule has 2 aromatic heterocycles. The van der Waals surface area contributed by atoms with E-state index in [1.165, 1.54) is 0 Å². The molecule has 12 heteroatoms. The van der Waals surface area contributed by atoms with Gasteiger partial charge in [0.25, 0.3) is 0 Å². The van der Waals surface area contributed by atoms with Gasteiger partial charge in [-0.05, 0) is 71.6 Å². The van der Waals surface area contributed by atoms with E-state index in [1.54, 1.807) is 0 Å². The van der Waals surface area contributed by atoms with Crippen molar-refractivity contribution in [3.8, 4) is 5.88 Å². The van der Waals surface area contributed by atoms with Crippen molar-refractivity contribution < 1.29 is 18.3 Å². The summed E-state index contributed by atoms with van der Waals surface area (Å²) in [5.41, 5.74) is 8.17. The molecule has 0 amide bonds. The predicted molar refractivity (Wildman–Crippen MR) is 179 cm³/mol. The Hall–Kier alpha value is -1.84. The number of anilines is 1. The lowest BCUT2D eigenvalue weighted by Crippen LogP contribution is -2.50. The first-order chi connectivity index (χ1) is 19.2. The highest BCUT2D eigenvalue weighted by Crippen LogP contribution is 2.40. The van der Waals surface area contributed by atoms with E-state index >= 15 is 0 Å². The van der Waals surface area contributed by atoms with Gasteiger partial charge in [0.15, 0.2) is 32.5 Å². The van der Waals surface area contributed by atoms with Crippen LogP contribution in [0.15, 0.2) is 35.1 Å². The molecule has 2 heterocycles. The molecule has 0 spiro atoms. The minimum atomic E-state index is -2.07. The summed E-state index contributed by atoms with van der Waals surface area (Å²) in [4.78, 5) is 13.6. The lowest BCUT2D eigenvalue weighted by Gasteiger charge is -2.42. The van der Waals surface area contributed by atoms with Gasteiger partial charge in [0.05, 0.1) is 12.7 Å².